The Labute approximate surface area is 239 Å². The number of rotatable bonds is 8. The highest BCUT2D eigenvalue weighted by molar-refractivity contribution is 14.1. The molecule has 2 aliphatic rings. The minimum absolute atomic E-state index is 0.0855. The van der Waals surface area contributed by atoms with Crippen molar-refractivity contribution in [1.82, 2.24) is 28.6 Å². The van der Waals surface area contributed by atoms with Crippen LogP contribution in [0, 0.1) is 5.95 Å². The van der Waals surface area contributed by atoms with Gasteiger partial charge in [0.25, 0.3) is 0 Å². The van der Waals surface area contributed by atoms with Crippen molar-refractivity contribution in [3.05, 3.63) is 34.9 Å². The Morgan fingerprint density at radius 3 is 2.45 bits per heavy atom. The second-order valence-electron chi connectivity index (χ2n) is 10.2. The van der Waals surface area contributed by atoms with Crippen LogP contribution in [0.2, 0.25) is 0 Å². The topological polar surface area (TPSA) is 127 Å². The number of nitrogens with one attached hydrogen (secondary N) is 1. The summed E-state index contributed by atoms with van der Waals surface area (Å²) in [6, 6.07) is 1.33. The summed E-state index contributed by atoms with van der Waals surface area (Å²) in [6.45, 7) is 7.39. The van der Waals surface area contributed by atoms with E-state index in [1.165, 1.54) is 32.3 Å². The number of hydrogen-bond acceptors (Lipinski definition) is 8. The van der Waals surface area contributed by atoms with Gasteiger partial charge in [0.05, 0.1) is 20.9 Å². The first-order valence-corrected chi connectivity index (χ1v) is 17.2. The lowest BCUT2D eigenvalue weighted by Gasteiger charge is -2.28. The van der Waals surface area contributed by atoms with E-state index in [9.17, 15) is 16.8 Å². The van der Waals surface area contributed by atoms with Crippen LogP contribution in [0.1, 0.15) is 61.5 Å². The lowest BCUT2D eigenvalue weighted by atomic mass is 10.0. The molecule has 0 aromatic carbocycles. The average molecular weight is 695 g/mol. The Kier molecular flexibility index (Phi) is 7.25. The maximum Gasteiger partial charge on any atom is 0.245 e. The molecule has 206 valence electrons. The summed E-state index contributed by atoms with van der Waals surface area (Å²) >= 11 is 3.48. The number of pyridine rings is 1. The van der Waals surface area contributed by atoms with Crippen LogP contribution in [0.25, 0.3) is 21.9 Å². The van der Waals surface area contributed by atoms with Crippen molar-refractivity contribution < 1.29 is 21.2 Å². The monoisotopic (exact) mass is 694 g/mol. The van der Waals surface area contributed by atoms with E-state index in [0.717, 1.165) is 10.6 Å². The fraction of sp³-hybridized carbons (Fsp3) is 0.522. The number of halogens is 2. The van der Waals surface area contributed by atoms with E-state index < -0.39 is 41.7 Å². The van der Waals surface area contributed by atoms with Gasteiger partial charge in [-0.25, -0.2) is 26.5 Å². The number of imidazole rings is 1. The van der Waals surface area contributed by atoms with Crippen molar-refractivity contribution in [3.8, 4) is 10.8 Å². The highest BCUT2D eigenvalue weighted by Gasteiger charge is 2.42. The molecule has 1 unspecified atom stereocenters. The lowest BCUT2D eigenvalue weighted by molar-refractivity contribution is 0.435. The second kappa shape index (κ2) is 9.83. The largest absolute Gasteiger partial charge is 0.265 e. The van der Waals surface area contributed by atoms with Crippen molar-refractivity contribution in [3.63, 3.8) is 0 Å². The third kappa shape index (κ3) is 5.05. The van der Waals surface area contributed by atoms with Crippen LogP contribution in [-0.4, -0.2) is 64.6 Å². The molecule has 1 N–H and O–H groups in total. The molecule has 15 heteroatoms. The van der Waals surface area contributed by atoms with Crippen LogP contribution in [0.3, 0.4) is 0 Å². The summed E-state index contributed by atoms with van der Waals surface area (Å²) in [5.74, 6) is -0.803. The van der Waals surface area contributed by atoms with Crippen molar-refractivity contribution in [2.75, 3.05) is 13.1 Å². The first-order valence-electron chi connectivity index (χ1n) is 12.1. The Hall–Kier alpha value is -1.53. The molecule has 0 saturated heterocycles. The van der Waals surface area contributed by atoms with Crippen molar-refractivity contribution in [1.29, 1.82) is 0 Å². The number of aromatic nitrogens is 4. The SMILES string of the molecule is CC(I)c1nnc(-c2ncc3c(C4=CCN(S(=O)(=O)C(C)C)CC4)cc(S(=O)(=O)NC4(C)CC4)c(F)n23)s1. The predicted octanol–water partition coefficient (Wildman–Crippen LogP) is 4.15. The van der Waals surface area contributed by atoms with Crippen molar-refractivity contribution in [2.24, 2.45) is 0 Å². The van der Waals surface area contributed by atoms with Gasteiger partial charge in [-0.05, 0) is 58.6 Å². The number of sulfonamides is 2. The number of nitrogens with zero attached hydrogens (tertiary/aromatic N) is 5. The fourth-order valence-electron chi connectivity index (χ4n) is 4.29. The lowest BCUT2D eigenvalue weighted by Crippen LogP contribution is -2.39. The molecule has 4 heterocycles. The maximum atomic E-state index is 16.1. The summed E-state index contributed by atoms with van der Waals surface area (Å²) in [5.41, 5.74) is 0.989. The van der Waals surface area contributed by atoms with Gasteiger partial charge in [-0.15, -0.1) is 10.2 Å². The molecule has 10 nitrogen and oxygen atoms in total. The van der Waals surface area contributed by atoms with Gasteiger partial charge in [-0.3, -0.25) is 4.40 Å². The van der Waals surface area contributed by atoms with E-state index >= 15 is 4.39 Å². The minimum atomic E-state index is -4.21. The minimum Gasteiger partial charge on any atom is -0.265 e. The van der Waals surface area contributed by atoms with Crippen molar-refractivity contribution in [2.45, 2.75) is 66.6 Å². The van der Waals surface area contributed by atoms with Crippen LogP contribution >= 0.6 is 33.9 Å². The molecule has 3 aromatic rings. The quantitative estimate of drug-likeness (QED) is 0.213. The predicted molar refractivity (Wildman–Crippen MR) is 153 cm³/mol. The van der Waals surface area contributed by atoms with Gasteiger partial charge in [0.1, 0.15) is 9.90 Å². The molecule has 1 atom stereocenters. The number of hydrogen-bond donors (Lipinski definition) is 1. The van der Waals surface area contributed by atoms with Gasteiger partial charge >= 0.3 is 0 Å². The zero-order chi connectivity index (χ0) is 27.6. The third-order valence-electron chi connectivity index (χ3n) is 6.83. The Balaban J connectivity index is 1.67. The molecule has 3 aromatic heterocycles. The normalized spacial score (nSPS) is 19.2. The van der Waals surface area contributed by atoms with E-state index in [0.29, 0.717) is 35.4 Å². The molecule has 0 bridgehead atoms. The van der Waals surface area contributed by atoms with E-state index in [1.54, 1.807) is 26.8 Å². The molecule has 0 spiro atoms. The van der Waals surface area contributed by atoms with Crippen molar-refractivity contribution >= 4 is 65.1 Å². The molecule has 0 amide bonds. The zero-order valence-electron chi connectivity index (χ0n) is 21.3. The third-order valence-corrected chi connectivity index (χ3v) is 12.8. The molecule has 1 aliphatic carbocycles. The Bertz CT molecular complexity index is 1660. The Morgan fingerprint density at radius 2 is 1.89 bits per heavy atom. The average Bonchev–Trinajstić information content (AvgIpc) is 3.24. The summed E-state index contributed by atoms with van der Waals surface area (Å²) in [5, 5.41) is 8.92. The van der Waals surface area contributed by atoms with Gasteiger partial charge in [0.15, 0.2) is 10.8 Å². The van der Waals surface area contributed by atoms with E-state index in [2.05, 4.69) is 42.5 Å². The second-order valence-corrected chi connectivity index (χ2v) is 17.2. The molecule has 1 fully saturated rings. The standard InChI is InChI=1S/C23H28FIN6O4S3/c1-13(2)38(34,35)30-9-5-15(6-10-30)16-11-18(37(32,33)29-23(4)7-8-23)19(24)31-17(16)12-26-20(31)22-28-27-21(36-22)14(3)25/h5,11-14,29H,6-10H2,1-4H3. The molecule has 5 rings (SSSR count). The fourth-order valence-corrected chi connectivity index (χ4v) is 8.33. The van der Waals surface area contributed by atoms with Gasteiger partial charge in [0.2, 0.25) is 26.0 Å². The molecule has 1 saturated carbocycles. The summed E-state index contributed by atoms with van der Waals surface area (Å²) in [6.07, 6.45) is 4.94. The van der Waals surface area contributed by atoms with Gasteiger partial charge in [-0.2, -0.15) is 8.70 Å². The van der Waals surface area contributed by atoms with E-state index in [-0.39, 0.29) is 22.8 Å². The molecular formula is C23H28FIN6O4S3. The van der Waals surface area contributed by atoms with Crippen LogP contribution in [-0.2, 0) is 20.0 Å². The zero-order valence-corrected chi connectivity index (χ0v) is 25.9. The smallest absolute Gasteiger partial charge is 0.245 e. The van der Waals surface area contributed by atoms with Gasteiger partial charge in [-0.1, -0.05) is 40.0 Å². The first-order chi connectivity index (χ1) is 17.7. The van der Waals surface area contributed by atoms with Crippen LogP contribution in [0.5, 0.6) is 0 Å². The van der Waals surface area contributed by atoms with Crippen LogP contribution in [0.15, 0.2) is 23.2 Å². The van der Waals surface area contributed by atoms with E-state index in [1.807, 2.05) is 6.92 Å². The van der Waals surface area contributed by atoms with E-state index in [4.69, 9.17) is 0 Å². The summed E-state index contributed by atoms with van der Waals surface area (Å²) in [4.78, 5) is 3.93. The number of alkyl halides is 1. The highest BCUT2D eigenvalue weighted by Crippen LogP contribution is 2.39. The summed E-state index contributed by atoms with van der Waals surface area (Å²) in [7, 11) is -7.66. The first kappa shape index (κ1) is 28.0. The van der Waals surface area contributed by atoms with Gasteiger partial charge < -0.3 is 0 Å². The van der Waals surface area contributed by atoms with Crippen LogP contribution < -0.4 is 4.72 Å². The van der Waals surface area contributed by atoms with Crippen LogP contribution in [0.4, 0.5) is 4.39 Å². The Morgan fingerprint density at radius 1 is 1.18 bits per heavy atom. The molecule has 1 aliphatic heterocycles. The molecule has 38 heavy (non-hydrogen) atoms. The number of fused-ring (bicyclic) bond motifs is 1. The maximum absolute atomic E-state index is 16.1. The molecule has 0 radical (unpaired) electrons. The van der Waals surface area contributed by atoms with Gasteiger partial charge in [0, 0.05) is 24.2 Å². The summed E-state index contributed by atoms with van der Waals surface area (Å²) < 4.78 is 73.5. The molecular weight excluding hydrogens is 666 g/mol. The highest BCUT2D eigenvalue weighted by atomic mass is 127.